The maximum Gasteiger partial charge on any atom is 0.305 e. The van der Waals surface area contributed by atoms with Gasteiger partial charge >= 0.3 is 5.97 Å². The molecule has 7 nitrogen and oxygen atoms in total. The van der Waals surface area contributed by atoms with E-state index in [4.69, 9.17) is 21.4 Å². The molecule has 4 rings (SSSR count). The summed E-state index contributed by atoms with van der Waals surface area (Å²) in [5.41, 5.74) is 4.41. The molecule has 0 aliphatic carbocycles. The first-order chi connectivity index (χ1) is 14.5. The van der Waals surface area contributed by atoms with Crippen LogP contribution < -0.4 is 4.74 Å². The summed E-state index contributed by atoms with van der Waals surface area (Å²) >= 11 is 6.34. The Bertz CT molecular complexity index is 1200. The van der Waals surface area contributed by atoms with E-state index in [1.165, 1.54) is 0 Å². The van der Waals surface area contributed by atoms with Crippen molar-refractivity contribution in [1.29, 1.82) is 0 Å². The molecular weight excluding hydrogens is 404 g/mol. The first-order valence-electron chi connectivity index (χ1n) is 9.71. The summed E-state index contributed by atoms with van der Waals surface area (Å²) in [6, 6.07) is 13.5. The zero-order valence-electron chi connectivity index (χ0n) is 16.4. The average Bonchev–Trinajstić information content (AvgIpc) is 3.38. The van der Waals surface area contributed by atoms with Crippen molar-refractivity contribution in [2.24, 2.45) is 0 Å². The summed E-state index contributed by atoms with van der Waals surface area (Å²) in [5, 5.41) is 22.2. The standard InChI is InChI=1S/C22H21ClN4O3/c1-2-9-30-21-6-4-15(11-17(21)23)19-12-18(25-26-19)14-3-5-20-16(10-14)13-24-27(20)8-7-22(28)29/h3-6,10-13H,2,7-9H2,1H3,(H,25,26)(H,28,29). The number of carbonyl (C=O) groups is 1. The number of carboxylic acids is 1. The number of carboxylic acid groups (broad SMARTS) is 1. The van der Waals surface area contributed by atoms with E-state index in [0.29, 0.717) is 23.9 Å². The Morgan fingerprint density at radius 2 is 2.03 bits per heavy atom. The molecule has 0 radical (unpaired) electrons. The number of rotatable bonds is 8. The molecule has 2 aromatic heterocycles. The van der Waals surface area contributed by atoms with Crippen molar-refractivity contribution in [1.82, 2.24) is 20.0 Å². The fourth-order valence-corrected chi connectivity index (χ4v) is 3.48. The molecule has 0 spiro atoms. The minimum atomic E-state index is -0.842. The molecule has 2 aromatic carbocycles. The number of fused-ring (bicyclic) bond motifs is 1. The number of ether oxygens (including phenoxy) is 1. The summed E-state index contributed by atoms with van der Waals surface area (Å²) in [4.78, 5) is 10.8. The summed E-state index contributed by atoms with van der Waals surface area (Å²) < 4.78 is 7.33. The number of aliphatic carboxylic acids is 1. The van der Waals surface area contributed by atoms with Gasteiger partial charge in [0, 0.05) is 16.5 Å². The van der Waals surface area contributed by atoms with E-state index in [2.05, 4.69) is 15.3 Å². The number of H-pyrrole nitrogens is 1. The molecule has 0 saturated carbocycles. The Hall–Kier alpha value is -3.32. The van der Waals surface area contributed by atoms with E-state index < -0.39 is 5.97 Å². The van der Waals surface area contributed by atoms with Gasteiger partial charge in [-0.1, -0.05) is 24.6 Å². The quantitative estimate of drug-likeness (QED) is 0.414. The number of aryl methyl sites for hydroxylation is 1. The lowest BCUT2D eigenvalue weighted by molar-refractivity contribution is -0.137. The smallest absolute Gasteiger partial charge is 0.305 e. The van der Waals surface area contributed by atoms with Gasteiger partial charge in [0.1, 0.15) is 5.75 Å². The van der Waals surface area contributed by atoms with Gasteiger partial charge in [0.25, 0.3) is 0 Å². The van der Waals surface area contributed by atoms with Crippen LogP contribution in [0.3, 0.4) is 0 Å². The SMILES string of the molecule is CCCOc1ccc(-c2cc(-c3ccc4c(cnn4CCC(=O)O)c3)[nH]n2)cc1Cl. The van der Waals surface area contributed by atoms with Crippen molar-refractivity contribution in [2.75, 3.05) is 6.61 Å². The number of halogens is 1. The fraction of sp³-hybridized carbons (Fsp3) is 0.227. The van der Waals surface area contributed by atoms with Crippen LogP contribution in [-0.2, 0) is 11.3 Å². The van der Waals surface area contributed by atoms with Gasteiger partial charge in [0.05, 0.1) is 47.7 Å². The highest BCUT2D eigenvalue weighted by Gasteiger charge is 2.11. The van der Waals surface area contributed by atoms with Gasteiger partial charge in [0.15, 0.2) is 0 Å². The number of aromatic nitrogens is 4. The first kappa shape index (κ1) is 20.0. The molecule has 154 valence electrons. The van der Waals surface area contributed by atoms with Gasteiger partial charge in [-0.2, -0.15) is 10.2 Å². The molecule has 0 aliphatic heterocycles. The Kier molecular flexibility index (Phi) is 5.72. The van der Waals surface area contributed by atoms with Crippen LogP contribution in [0.25, 0.3) is 33.4 Å². The molecule has 0 amide bonds. The second-order valence-electron chi connectivity index (χ2n) is 6.95. The molecule has 0 aliphatic rings. The van der Waals surface area contributed by atoms with E-state index in [9.17, 15) is 4.79 Å². The number of nitrogens with zero attached hydrogens (tertiary/aromatic N) is 3. The lowest BCUT2D eigenvalue weighted by atomic mass is 10.1. The summed E-state index contributed by atoms with van der Waals surface area (Å²) in [6.45, 7) is 3.01. The van der Waals surface area contributed by atoms with E-state index in [0.717, 1.165) is 39.8 Å². The Morgan fingerprint density at radius 3 is 2.80 bits per heavy atom. The van der Waals surface area contributed by atoms with E-state index >= 15 is 0 Å². The van der Waals surface area contributed by atoms with E-state index in [-0.39, 0.29) is 6.42 Å². The van der Waals surface area contributed by atoms with Crippen molar-refractivity contribution >= 4 is 28.5 Å². The monoisotopic (exact) mass is 424 g/mol. The predicted molar refractivity (Wildman–Crippen MR) is 116 cm³/mol. The van der Waals surface area contributed by atoms with Gasteiger partial charge in [-0.15, -0.1) is 0 Å². The van der Waals surface area contributed by atoms with E-state index in [1.807, 2.05) is 49.4 Å². The summed E-state index contributed by atoms with van der Waals surface area (Å²) in [5.74, 6) is -0.172. The number of benzene rings is 2. The van der Waals surface area contributed by atoms with Crippen molar-refractivity contribution in [3.63, 3.8) is 0 Å². The number of hydrogen-bond acceptors (Lipinski definition) is 4. The lowest BCUT2D eigenvalue weighted by Gasteiger charge is -2.07. The first-order valence-corrected chi connectivity index (χ1v) is 10.1. The minimum absolute atomic E-state index is 0.0350. The van der Waals surface area contributed by atoms with Crippen LogP contribution >= 0.6 is 11.6 Å². The number of hydrogen-bond donors (Lipinski definition) is 2. The Morgan fingerprint density at radius 1 is 1.20 bits per heavy atom. The number of nitrogens with one attached hydrogen (secondary N) is 1. The van der Waals surface area contributed by atoms with Crippen LogP contribution in [0.2, 0.25) is 5.02 Å². The van der Waals surface area contributed by atoms with Crippen molar-refractivity contribution in [2.45, 2.75) is 26.3 Å². The summed E-state index contributed by atoms with van der Waals surface area (Å²) in [7, 11) is 0. The second-order valence-corrected chi connectivity index (χ2v) is 7.35. The van der Waals surface area contributed by atoms with Crippen LogP contribution in [0.4, 0.5) is 0 Å². The zero-order chi connectivity index (χ0) is 21.1. The molecule has 30 heavy (non-hydrogen) atoms. The van der Waals surface area contributed by atoms with Crippen LogP contribution in [0.5, 0.6) is 5.75 Å². The molecule has 2 heterocycles. The number of aromatic amines is 1. The molecule has 4 aromatic rings. The summed E-state index contributed by atoms with van der Waals surface area (Å²) in [6.07, 6.45) is 2.70. The topological polar surface area (TPSA) is 93.0 Å². The van der Waals surface area contributed by atoms with Crippen LogP contribution in [0.15, 0.2) is 48.7 Å². The largest absolute Gasteiger partial charge is 0.492 e. The molecule has 0 bridgehead atoms. The highest BCUT2D eigenvalue weighted by molar-refractivity contribution is 6.32. The van der Waals surface area contributed by atoms with Gasteiger partial charge in [0.2, 0.25) is 0 Å². The fourth-order valence-electron chi connectivity index (χ4n) is 3.24. The third-order valence-electron chi connectivity index (χ3n) is 4.76. The Labute approximate surface area is 178 Å². The normalized spacial score (nSPS) is 11.1. The van der Waals surface area contributed by atoms with Crippen LogP contribution in [0.1, 0.15) is 19.8 Å². The average molecular weight is 425 g/mol. The second kappa shape index (κ2) is 8.59. The van der Waals surface area contributed by atoms with Gasteiger partial charge in [-0.25, -0.2) is 0 Å². The van der Waals surface area contributed by atoms with Gasteiger partial charge in [-0.05, 0) is 42.8 Å². The lowest BCUT2D eigenvalue weighted by Crippen LogP contribution is -2.05. The minimum Gasteiger partial charge on any atom is -0.492 e. The van der Waals surface area contributed by atoms with Gasteiger partial charge in [-0.3, -0.25) is 14.6 Å². The molecule has 8 heteroatoms. The third-order valence-corrected chi connectivity index (χ3v) is 5.05. The predicted octanol–water partition coefficient (Wildman–Crippen LogP) is 5.01. The molecule has 2 N–H and O–H groups in total. The third kappa shape index (κ3) is 4.16. The molecule has 0 saturated heterocycles. The van der Waals surface area contributed by atoms with E-state index in [1.54, 1.807) is 10.9 Å². The molecule has 0 unspecified atom stereocenters. The van der Waals surface area contributed by atoms with Crippen molar-refractivity contribution in [3.05, 3.63) is 53.7 Å². The highest BCUT2D eigenvalue weighted by Crippen LogP contribution is 2.32. The van der Waals surface area contributed by atoms with Crippen molar-refractivity contribution in [3.8, 4) is 28.3 Å². The molecule has 0 atom stereocenters. The van der Waals surface area contributed by atoms with Gasteiger partial charge < -0.3 is 9.84 Å². The maximum atomic E-state index is 10.8. The zero-order valence-corrected chi connectivity index (χ0v) is 17.2. The van der Waals surface area contributed by atoms with Crippen LogP contribution in [-0.4, -0.2) is 37.7 Å². The molecule has 0 fully saturated rings. The van der Waals surface area contributed by atoms with Crippen LogP contribution in [0, 0.1) is 0 Å². The molecular formula is C22H21ClN4O3. The maximum absolute atomic E-state index is 10.8. The highest BCUT2D eigenvalue weighted by atomic mass is 35.5. The Balaban J connectivity index is 1.57. The van der Waals surface area contributed by atoms with Crippen molar-refractivity contribution < 1.29 is 14.6 Å².